The minimum atomic E-state index is 1.11. The first-order valence-corrected chi connectivity index (χ1v) is 5.75. The van der Waals surface area contributed by atoms with Crippen LogP contribution < -0.4 is 0 Å². The van der Waals surface area contributed by atoms with E-state index in [9.17, 15) is 0 Å². The molecule has 2 heteroatoms. The Bertz CT molecular complexity index is 70.0. The number of nitrogens with zero attached hydrogens (tertiary/aromatic N) is 1. The van der Waals surface area contributed by atoms with Crippen LogP contribution in [0.1, 0.15) is 33.1 Å². The largest absolute Gasteiger partial charge is 0.303 e. The van der Waals surface area contributed by atoms with Gasteiger partial charge in [-0.15, -0.1) is 0 Å². The Labute approximate surface area is 79.3 Å². The third kappa shape index (κ3) is 6.82. The van der Waals surface area contributed by atoms with Crippen LogP contribution in [-0.2, 0) is 0 Å². The molecule has 0 saturated carbocycles. The fourth-order valence-corrected chi connectivity index (χ4v) is 1.65. The Hall–Kier alpha value is 0.440. The molecule has 0 unspecified atom stereocenters. The average Bonchev–Trinajstić information content (AvgIpc) is 2.01. The molecule has 0 saturated heterocycles. The van der Waals surface area contributed by atoms with Crippen LogP contribution in [0.25, 0.3) is 0 Å². The molecule has 0 aliphatic heterocycles. The van der Waals surface area contributed by atoms with Gasteiger partial charge in [0.15, 0.2) is 0 Å². The molecule has 0 amide bonds. The van der Waals surface area contributed by atoms with Gasteiger partial charge in [-0.3, -0.25) is 0 Å². The Morgan fingerprint density at radius 3 is 2.18 bits per heavy atom. The molecule has 0 spiro atoms. The number of halogens is 1. The van der Waals surface area contributed by atoms with Gasteiger partial charge in [0, 0.05) is 11.9 Å². The zero-order valence-corrected chi connectivity index (χ0v) is 9.36. The molecule has 0 aliphatic carbocycles. The molecule has 0 bridgehead atoms. The van der Waals surface area contributed by atoms with Gasteiger partial charge < -0.3 is 4.90 Å². The molecule has 0 fully saturated rings. The number of hydrogen-bond donors (Lipinski definition) is 0. The van der Waals surface area contributed by atoms with Gasteiger partial charge in [-0.25, -0.2) is 0 Å². The van der Waals surface area contributed by atoms with Crippen molar-refractivity contribution in [2.75, 3.05) is 25.0 Å². The van der Waals surface area contributed by atoms with Gasteiger partial charge in [0.1, 0.15) is 0 Å². The SMILES string of the molecule is CCCCN(CCC)CCBr. The third-order valence-electron chi connectivity index (χ3n) is 1.77. The highest BCUT2D eigenvalue weighted by Gasteiger charge is 2.00. The molecule has 68 valence electrons. The van der Waals surface area contributed by atoms with Crippen molar-refractivity contribution in [2.45, 2.75) is 33.1 Å². The maximum absolute atomic E-state index is 3.47. The molecular formula is C9H20BrN. The van der Waals surface area contributed by atoms with Crippen LogP contribution in [0.3, 0.4) is 0 Å². The lowest BCUT2D eigenvalue weighted by molar-refractivity contribution is 0.287. The second-order valence-corrected chi connectivity index (χ2v) is 3.68. The summed E-state index contributed by atoms with van der Waals surface area (Å²) < 4.78 is 0. The lowest BCUT2D eigenvalue weighted by Gasteiger charge is -2.19. The number of hydrogen-bond acceptors (Lipinski definition) is 1. The first kappa shape index (κ1) is 11.4. The van der Waals surface area contributed by atoms with Crippen molar-refractivity contribution in [1.29, 1.82) is 0 Å². The maximum Gasteiger partial charge on any atom is 0.0159 e. The van der Waals surface area contributed by atoms with Gasteiger partial charge in [0.05, 0.1) is 0 Å². The van der Waals surface area contributed by atoms with Gasteiger partial charge in [0.2, 0.25) is 0 Å². The van der Waals surface area contributed by atoms with Crippen LogP contribution in [0.4, 0.5) is 0 Å². The van der Waals surface area contributed by atoms with Crippen molar-refractivity contribution in [3.05, 3.63) is 0 Å². The number of alkyl halides is 1. The topological polar surface area (TPSA) is 3.24 Å². The minimum absolute atomic E-state index is 1.11. The summed E-state index contributed by atoms with van der Waals surface area (Å²) in [6.07, 6.45) is 3.92. The first-order valence-electron chi connectivity index (χ1n) is 4.63. The zero-order chi connectivity index (χ0) is 8.53. The summed E-state index contributed by atoms with van der Waals surface area (Å²) in [6.45, 7) is 8.22. The van der Waals surface area contributed by atoms with E-state index >= 15 is 0 Å². The standard InChI is InChI=1S/C9H20BrN/c1-3-5-8-11(7-4-2)9-6-10/h3-9H2,1-2H3. The second kappa shape index (κ2) is 8.54. The van der Waals surface area contributed by atoms with Crippen LogP contribution in [0.5, 0.6) is 0 Å². The van der Waals surface area contributed by atoms with Gasteiger partial charge >= 0.3 is 0 Å². The van der Waals surface area contributed by atoms with Gasteiger partial charge in [0.25, 0.3) is 0 Å². The summed E-state index contributed by atoms with van der Waals surface area (Å²) >= 11 is 3.47. The minimum Gasteiger partial charge on any atom is -0.303 e. The van der Waals surface area contributed by atoms with Gasteiger partial charge in [-0.05, 0) is 25.9 Å². The Morgan fingerprint density at radius 1 is 1.00 bits per heavy atom. The highest BCUT2D eigenvalue weighted by Crippen LogP contribution is 1.97. The number of rotatable bonds is 7. The molecule has 0 aromatic carbocycles. The van der Waals surface area contributed by atoms with E-state index in [0.29, 0.717) is 0 Å². The van der Waals surface area contributed by atoms with E-state index in [1.54, 1.807) is 0 Å². The summed E-state index contributed by atoms with van der Waals surface area (Å²) in [4.78, 5) is 2.53. The highest BCUT2D eigenvalue weighted by molar-refractivity contribution is 9.09. The van der Waals surface area contributed by atoms with Crippen molar-refractivity contribution in [2.24, 2.45) is 0 Å². The fraction of sp³-hybridized carbons (Fsp3) is 1.00. The van der Waals surface area contributed by atoms with Crippen LogP contribution in [0.2, 0.25) is 0 Å². The molecule has 0 radical (unpaired) electrons. The Morgan fingerprint density at radius 2 is 1.73 bits per heavy atom. The molecule has 0 aliphatic rings. The molecule has 1 nitrogen and oxygen atoms in total. The summed E-state index contributed by atoms with van der Waals surface area (Å²) in [6, 6.07) is 0. The van der Waals surface area contributed by atoms with Crippen LogP contribution in [0, 0.1) is 0 Å². The summed E-state index contributed by atoms with van der Waals surface area (Å²) in [7, 11) is 0. The molecule has 0 atom stereocenters. The lowest BCUT2D eigenvalue weighted by Crippen LogP contribution is -2.27. The highest BCUT2D eigenvalue weighted by atomic mass is 79.9. The van der Waals surface area contributed by atoms with E-state index in [1.165, 1.54) is 38.9 Å². The van der Waals surface area contributed by atoms with Crippen molar-refractivity contribution in [3.63, 3.8) is 0 Å². The third-order valence-corrected chi connectivity index (χ3v) is 2.12. The van der Waals surface area contributed by atoms with E-state index in [0.717, 1.165) is 5.33 Å². The van der Waals surface area contributed by atoms with Crippen molar-refractivity contribution < 1.29 is 0 Å². The molecule has 11 heavy (non-hydrogen) atoms. The Kier molecular flexibility index (Phi) is 8.88. The average molecular weight is 222 g/mol. The van der Waals surface area contributed by atoms with Crippen LogP contribution in [0.15, 0.2) is 0 Å². The van der Waals surface area contributed by atoms with Gasteiger partial charge in [-0.1, -0.05) is 36.2 Å². The number of unbranched alkanes of at least 4 members (excludes halogenated alkanes) is 1. The molecule has 0 rings (SSSR count). The molecular weight excluding hydrogens is 202 g/mol. The monoisotopic (exact) mass is 221 g/mol. The summed E-state index contributed by atoms with van der Waals surface area (Å²) in [5, 5.41) is 1.11. The smallest absolute Gasteiger partial charge is 0.0159 e. The van der Waals surface area contributed by atoms with E-state index in [4.69, 9.17) is 0 Å². The summed E-state index contributed by atoms with van der Waals surface area (Å²) in [5.41, 5.74) is 0. The molecule has 0 N–H and O–H groups in total. The molecule has 0 heterocycles. The van der Waals surface area contributed by atoms with E-state index in [-0.39, 0.29) is 0 Å². The second-order valence-electron chi connectivity index (χ2n) is 2.88. The quantitative estimate of drug-likeness (QED) is 0.598. The molecule has 0 aromatic heterocycles. The van der Waals surface area contributed by atoms with E-state index < -0.39 is 0 Å². The predicted octanol–water partition coefficient (Wildman–Crippen LogP) is 2.89. The predicted molar refractivity (Wildman–Crippen MR) is 55.4 cm³/mol. The first-order chi connectivity index (χ1) is 5.35. The fourth-order valence-electron chi connectivity index (χ4n) is 1.15. The van der Waals surface area contributed by atoms with E-state index in [2.05, 4.69) is 34.7 Å². The van der Waals surface area contributed by atoms with Crippen molar-refractivity contribution in [1.82, 2.24) is 4.90 Å². The van der Waals surface area contributed by atoms with Crippen LogP contribution >= 0.6 is 15.9 Å². The zero-order valence-electron chi connectivity index (χ0n) is 7.77. The van der Waals surface area contributed by atoms with Crippen molar-refractivity contribution >= 4 is 15.9 Å². The van der Waals surface area contributed by atoms with Gasteiger partial charge in [-0.2, -0.15) is 0 Å². The lowest BCUT2D eigenvalue weighted by atomic mass is 10.3. The summed E-state index contributed by atoms with van der Waals surface area (Å²) in [5.74, 6) is 0. The van der Waals surface area contributed by atoms with E-state index in [1.807, 2.05) is 0 Å². The maximum atomic E-state index is 3.47. The normalized spacial score (nSPS) is 10.9. The Balaban J connectivity index is 3.34. The van der Waals surface area contributed by atoms with Crippen LogP contribution in [-0.4, -0.2) is 29.9 Å². The van der Waals surface area contributed by atoms with Crippen molar-refractivity contribution in [3.8, 4) is 0 Å². The molecule has 0 aromatic rings.